The molecule has 1 aromatic rings. The fourth-order valence-electron chi connectivity index (χ4n) is 1.52. The summed E-state index contributed by atoms with van der Waals surface area (Å²) in [6.45, 7) is 0.509. The lowest BCUT2D eigenvalue weighted by molar-refractivity contribution is -0.118. The maximum Gasteiger partial charge on any atom is 0.218 e. The number of pyridine rings is 1. The largest absolute Gasteiger partial charge is 0.477 e. The SMILES string of the molecule is NC(=O)CC1COc2ncccc21. The zero-order valence-electron chi connectivity index (χ0n) is 7.06. The van der Waals surface area contributed by atoms with E-state index in [1.165, 1.54) is 0 Å². The van der Waals surface area contributed by atoms with E-state index in [4.69, 9.17) is 10.5 Å². The van der Waals surface area contributed by atoms with Gasteiger partial charge in [-0.25, -0.2) is 4.98 Å². The zero-order valence-corrected chi connectivity index (χ0v) is 7.06. The highest BCUT2D eigenvalue weighted by Gasteiger charge is 2.25. The van der Waals surface area contributed by atoms with Crippen LogP contribution in [0.3, 0.4) is 0 Å². The topological polar surface area (TPSA) is 65.2 Å². The standard InChI is InChI=1S/C9H10N2O2/c10-8(12)4-6-5-13-9-7(6)2-1-3-11-9/h1-3,6H,4-5H2,(H2,10,12). The molecular formula is C9H10N2O2. The van der Waals surface area contributed by atoms with Crippen LogP contribution in [0, 0.1) is 0 Å². The maximum atomic E-state index is 10.7. The second-order valence-corrected chi connectivity index (χ2v) is 3.08. The van der Waals surface area contributed by atoms with E-state index in [1.54, 1.807) is 6.20 Å². The van der Waals surface area contributed by atoms with Gasteiger partial charge < -0.3 is 10.5 Å². The molecule has 1 aromatic heterocycles. The van der Waals surface area contributed by atoms with Crippen molar-refractivity contribution in [1.82, 2.24) is 4.98 Å². The van der Waals surface area contributed by atoms with Crippen LogP contribution in [0.2, 0.25) is 0 Å². The highest BCUT2D eigenvalue weighted by atomic mass is 16.5. The molecule has 68 valence electrons. The number of nitrogens with two attached hydrogens (primary N) is 1. The van der Waals surface area contributed by atoms with Crippen molar-refractivity contribution in [3.8, 4) is 5.88 Å². The molecule has 0 radical (unpaired) electrons. The van der Waals surface area contributed by atoms with Gasteiger partial charge in [0.15, 0.2) is 0 Å². The van der Waals surface area contributed by atoms with E-state index in [1.807, 2.05) is 12.1 Å². The van der Waals surface area contributed by atoms with Gasteiger partial charge in [0.25, 0.3) is 0 Å². The molecule has 2 heterocycles. The third-order valence-electron chi connectivity index (χ3n) is 2.11. The summed E-state index contributed by atoms with van der Waals surface area (Å²) in [4.78, 5) is 14.8. The first-order chi connectivity index (χ1) is 6.27. The number of amides is 1. The Hall–Kier alpha value is -1.58. The molecular weight excluding hydrogens is 168 g/mol. The Morgan fingerprint density at radius 1 is 1.77 bits per heavy atom. The number of aromatic nitrogens is 1. The van der Waals surface area contributed by atoms with E-state index in [0.29, 0.717) is 18.9 Å². The van der Waals surface area contributed by atoms with Crippen molar-refractivity contribution in [2.24, 2.45) is 5.73 Å². The molecule has 1 unspecified atom stereocenters. The molecule has 2 N–H and O–H groups in total. The fraction of sp³-hybridized carbons (Fsp3) is 0.333. The fourth-order valence-corrected chi connectivity index (χ4v) is 1.52. The van der Waals surface area contributed by atoms with Crippen LogP contribution < -0.4 is 10.5 Å². The molecule has 1 amide bonds. The van der Waals surface area contributed by atoms with Crippen LogP contribution in [-0.4, -0.2) is 17.5 Å². The van der Waals surface area contributed by atoms with Gasteiger partial charge in [0.2, 0.25) is 11.8 Å². The number of hydrogen-bond donors (Lipinski definition) is 1. The Labute approximate surface area is 75.7 Å². The number of rotatable bonds is 2. The quantitative estimate of drug-likeness (QED) is 0.714. The van der Waals surface area contributed by atoms with Crippen LogP contribution in [0.5, 0.6) is 5.88 Å². The first kappa shape index (κ1) is 8.04. The van der Waals surface area contributed by atoms with Gasteiger partial charge in [-0.1, -0.05) is 6.07 Å². The Bertz CT molecular complexity index is 338. The lowest BCUT2D eigenvalue weighted by Crippen LogP contribution is -2.15. The minimum absolute atomic E-state index is 0.0844. The second kappa shape index (κ2) is 3.05. The van der Waals surface area contributed by atoms with Crippen molar-refractivity contribution in [1.29, 1.82) is 0 Å². The number of primary amides is 1. The molecule has 0 aromatic carbocycles. The molecule has 0 aliphatic carbocycles. The van der Waals surface area contributed by atoms with Crippen LogP contribution in [0.15, 0.2) is 18.3 Å². The molecule has 0 bridgehead atoms. The first-order valence-electron chi connectivity index (χ1n) is 4.13. The molecule has 0 spiro atoms. The number of carbonyl (C=O) groups excluding carboxylic acids is 1. The van der Waals surface area contributed by atoms with Crippen molar-refractivity contribution in [3.05, 3.63) is 23.9 Å². The van der Waals surface area contributed by atoms with Crippen molar-refractivity contribution in [2.75, 3.05) is 6.61 Å². The molecule has 0 saturated carbocycles. The van der Waals surface area contributed by atoms with Crippen LogP contribution >= 0.6 is 0 Å². The van der Waals surface area contributed by atoms with Gasteiger partial charge in [-0.15, -0.1) is 0 Å². The second-order valence-electron chi connectivity index (χ2n) is 3.08. The van der Waals surface area contributed by atoms with Gasteiger partial charge in [-0.05, 0) is 6.07 Å². The zero-order chi connectivity index (χ0) is 9.26. The minimum atomic E-state index is -0.301. The van der Waals surface area contributed by atoms with Gasteiger partial charge in [0, 0.05) is 24.1 Å². The van der Waals surface area contributed by atoms with Crippen LogP contribution in [-0.2, 0) is 4.79 Å². The van der Waals surface area contributed by atoms with Crippen molar-refractivity contribution < 1.29 is 9.53 Å². The van der Waals surface area contributed by atoms with Gasteiger partial charge in [0.1, 0.15) is 0 Å². The maximum absolute atomic E-state index is 10.7. The van der Waals surface area contributed by atoms with Crippen molar-refractivity contribution in [2.45, 2.75) is 12.3 Å². The summed E-state index contributed by atoms with van der Waals surface area (Å²) in [5, 5.41) is 0. The average Bonchev–Trinajstić information content (AvgIpc) is 2.48. The normalized spacial score (nSPS) is 19.2. The van der Waals surface area contributed by atoms with E-state index in [-0.39, 0.29) is 11.8 Å². The summed E-state index contributed by atoms with van der Waals surface area (Å²) in [5.41, 5.74) is 6.10. The van der Waals surface area contributed by atoms with Gasteiger partial charge in [-0.2, -0.15) is 0 Å². The monoisotopic (exact) mass is 178 g/mol. The smallest absolute Gasteiger partial charge is 0.218 e. The summed E-state index contributed by atoms with van der Waals surface area (Å²) in [7, 11) is 0. The number of ether oxygens (including phenoxy) is 1. The number of fused-ring (bicyclic) bond motifs is 1. The molecule has 13 heavy (non-hydrogen) atoms. The predicted molar refractivity (Wildman–Crippen MR) is 46.3 cm³/mol. The Balaban J connectivity index is 2.23. The molecule has 0 fully saturated rings. The average molecular weight is 178 g/mol. The Morgan fingerprint density at radius 3 is 3.38 bits per heavy atom. The van der Waals surface area contributed by atoms with Crippen molar-refractivity contribution >= 4 is 5.91 Å². The lowest BCUT2D eigenvalue weighted by atomic mass is 9.99. The number of hydrogen-bond acceptors (Lipinski definition) is 3. The number of nitrogens with zero attached hydrogens (tertiary/aromatic N) is 1. The molecule has 1 aliphatic heterocycles. The molecule has 1 atom stereocenters. The van der Waals surface area contributed by atoms with Crippen LogP contribution in [0.1, 0.15) is 17.9 Å². The third kappa shape index (κ3) is 1.47. The van der Waals surface area contributed by atoms with Gasteiger partial charge in [0.05, 0.1) is 6.61 Å². The van der Waals surface area contributed by atoms with Gasteiger partial charge >= 0.3 is 0 Å². The highest BCUT2D eigenvalue weighted by molar-refractivity contribution is 5.75. The summed E-state index contributed by atoms with van der Waals surface area (Å²) in [6.07, 6.45) is 2.00. The van der Waals surface area contributed by atoms with E-state index < -0.39 is 0 Å². The summed E-state index contributed by atoms with van der Waals surface area (Å²) < 4.78 is 5.29. The molecule has 4 heteroatoms. The molecule has 0 saturated heterocycles. The van der Waals surface area contributed by atoms with Crippen LogP contribution in [0.25, 0.3) is 0 Å². The summed E-state index contributed by atoms with van der Waals surface area (Å²) in [6, 6.07) is 3.75. The van der Waals surface area contributed by atoms with E-state index in [0.717, 1.165) is 5.56 Å². The Kier molecular flexibility index (Phi) is 1.88. The lowest BCUT2D eigenvalue weighted by Gasteiger charge is -2.03. The van der Waals surface area contributed by atoms with Crippen molar-refractivity contribution in [3.63, 3.8) is 0 Å². The summed E-state index contributed by atoms with van der Waals surface area (Å²) in [5.74, 6) is 0.417. The molecule has 2 rings (SSSR count). The molecule has 4 nitrogen and oxygen atoms in total. The van der Waals surface area contributed by atoms with E-state index >= 15 is 0 Å². The third-order valence-corrected chi connectivity index (χ3v) is 2.11. The minimum Gasteiger partial charge on any atom is -0.477 e. The van der Waals surface area contributed by atoms with Crippen LogP contribution in [0.4, 0.5) is 0 Å². The van der Waals surface area contributed by atoms with E-state index in [2.05, 4.69) is 4.98 Å². The van der Waals surface area contributed by atoms with Gasteiger partial charge in [-0.3, -0.25) is 4.79 Å². The molecule has 1 aliphatic rings. The highest BCUT2D eigenvalue weighted by Crippen LogP contribution is 2.33. The predicted octanol–water partition coefficient (Wildman–Crippen LogP) is 0.433. The van der Waals surface area contributed by atoms with E-state index in [9.17, 15) is 4.79 Å². The Morgan fingerprint density at radius 2 is 2.62 bits per heavy atom. The first-order valence-corrected chi connectivity index (χ1v) is 4.13. The summed E-state index contributed by atoms with van der Waals surface area (Å²) >= 11 is 0. The number of carbonyl (C=O) groups is 1.